The Kier molecular flexibility index (Phi) is 8.92. The molecule has 2 aromatic heterocycles. The van der Waals surface area contributed by atoms with Crippen LogP contribution in [-0.4, -0.2) is 51.5 Å². The van der Waals surface area contributed by atoms with Crippen molar-refractivity contribution in [1.29, 1.82) is 0 Å². The quantitative estimate of drug-likeness (QED) is 0.227. The van der Waals surface area contributed by atoms with Crippen molar-refractivity contribution in [3.8, 4) is 0 Å². The number of ether oxygens (including phenoxy) is 1. The maximum Gasteiger partial charge on any atom is 0.191 e. The van der Waals surface area contributed by atoms with Gasteiger partial charge in [0.25, 0.3) is 0 Å². The van der Waals surface area contributed by atoms with Crippen LogP contribution in [0.15, 0.2) is 29.4 Å². The fourth-order valence-electron chi connectivity index (χ4n) is 4.02. The van der Waals surface area contributed by atoms with Gasteiger partial charge in [0.1, 0.15) is 12.4 Å². The van der Waals surface area contributed by atoms with Gasteiger partial charge >= 0.3 is 0 Å². The number of hydrogen-bond acceptors (Lipinski definition) is 4. The molecule has 1 aliphatic heterocycles. The molecule has 0 amide bonds. The zero-order valence-electron chi connectivity index (χ0n) is 19.1. The summed E-state index contributed by atoms with van der Waals surface area (Å²) in [6, 6.07) is 6.53. The highest BCUT2D eigenvalue weighted by atomic mass is 127. The van der Waals surface area contributed by atoms with Crippen molar-refractivity contribution < 1.29 is 4.74 Å². The lowest BCUT2D eigenvalue weighted by molar-refractivity contribution is 0.114. The van der Waals surface area contributed by atoms with Crippen LogP contribution >= 0.6 is 24.0 Å². The summed E-state index contributed by atoms with van der Waals surface area (Å²) in [5, 5.41) is 16.6. The second-order valence-corrected chi connectivity index (χ2v) is 8.09. The molecule has 1 aliphatic rings. The molecule has 0 radical (unpaired) electrons. The summed E-state index contributed by atoms with van der Waals surface area (Å²) in [4.78, 5) is 8.20. The molecule has 1 unspecified atom stereocenters. The standard InChI is InChI=1S/C23H33N7O.HI/c1-4-17-7-5-9-20-18(13-25-22(17)20)10-11-24-23(26-14-19-8-6-12-31-19)27-15-21-29-28-16(2)30(21)3;/h5,7,9,13,19,25H,4,6,8,10-12,14-15H2,1-3H3,(H2,24,26,27);1H. The molecule has 0 spiro atoms. The minimum Gasteiger partial charge on any atom is -0.376 e. The van der Waals surface area contributed by atoms with Crippen molar-refractivity contribution in [3.63, 3.8) is 0 Å². The highest BCUT2D eigenvalue weighted by Crippen LogP contribution is 2.22. The van der Waals surface area contributed by atoms with E-state index in [1.165, 1.54) is 22.0 Å². The fourth-order valence-corrected chi connectivity index (χ4v) is 4.02. The Morgan fingerprint density at radius 1 is 1.28 bits per heavy atom. The van der Waals surface area contributed by atoms with Gasteiger partial charge in [-0.05, 0) is 43.7 Å². The summed E-state index contributed by atoms with van der Waals surface area (Å²) >= 11 is 0. The summed E-state index contributed by atoms with van der Waals surface area (Å²) in [5.41, 5.74) is 3.93. The van der Waals surface area contributed by atoms with E-state index in [1.54, 1.807) is 0 Å². The normalized spacial score (nSPS) is 16.3. The SMILES string of the molecule is CCc1cccc2c(CCNC(=NCc3nnc(C)n3C)NCC3CCCO3)c[nH]c12.I. The number of nitrogens with zero attached hydrogens (tertiary/aromatic N) is 4. The third-order valence-electron chi connectivity index (χ3n) is 6.04. The lowest BCUT2D eigenvalue weighted by Crippen LogP contribution is -2.42. The van der Waals surface area contributed by atoms with E-state index in [-0.39, 0.29) is 30.1 Å². The van der Waals surface area contributed by atoms with Crippen LogP contribution in [0.3, 0.4) is 0 Å². The number of aromatic nitrogens is 4. The minimum atomic E-state index is 0. The second-order valence-electron chi connectivity index (χ2n) is 8.09. The molecule has 0 bridgehead atoms. The van der Waals surface area contributed by atoms with Crippen molar-refractivity contribution in [1.82, 2.24) is 30.4 Å². The summed E-state index contributed by atoms with van der Waals surface area (Å²) in [6.07, 6.45) is 6.55. The van der Waals surface area contributed by atoms with Crippen LogP contribution in [0.5, 0.6) is 0 Å². The van der Waals surface area contributed by atoms with Gasteiger partial charge in [0.05, 0.1) is 6.10 Å². The molecule has 8 nitrogen and oxygen atoms in total. The first kappa shape index (κ1) is 24.5. The summed E-state index contributed by atoms with van der Waals surface area (Å²) in [5.74, 6) is 2.52. The predicted octanol–water partition coefficient (Wildman–Crippen LogP) is 3.24. The molecule has 3 heterocycles. The Bertz CT molecular complexity index is 1040. The van der Waals surface area contributed by atoms with Gasteiger partial charge in [0, 0.05) is 43.8 Å². The summed E-state index contributed by atoms with van der Waals surface area (Å²) < 4.78 is 7.72. The van der Waals surface area contributed by atoms with E-state index >= 15 is 0 Å². The van der Waals surface area contributed by atoms with Gasteiger partial charge < -0.3 is 24.9 Å². The zero-order chi connectivity index (χ0) is 21.6. The van der Waals surface area contributed by atoms with E-state index in [2.05, 4.69) is 57.1 Å². The third kappa shape index (κ3) is 5.80. The number of para-hydroxylation sites is 1. The Morgan fingerprint density at radius 3 is 2.88 bits per heavy atom. The molecule has 1 aromatic carbocycles. The van der Waals surface area contributed by atoms with E-state index in [1.807, 2.05) is 18.5 Å². The molecule has 32 heavy (non-hydrogen) atoms. The molecule has 3 aromatic rings. The van der Waals surface area contributed by atoms with Crippen LogP contribution in [0.4, 0.5) is 0 Å². The number of guanidine groups is 1. The van der Waals surface area contributed by atoms with Gasteiger partial charge in [-0.25, -0.2) is 4.99 Å². The lowest BCUT2D eigenvalue weighted by Gasteiger charge is -2.15. The van der Waals surface area contributed by atoms with Crippen molar-refractivity contribution in [2.75, 3.05) is 19.7 Å². The number of rotatable bonds is 8. The monoisotopic (exact) mass is 551 g/mol. The number of halogens is 1. The molecule has 1 atom stereocenters. The van der Waals surface area contributed by atoms with Gasteiger partial charge in [0.15, 0.2) is 11.8 Å². The Labute approximate surface area is 206 Å². The van der Waals surface area contributed by atoms with Crippen molar-refractivity contribution in [2.24, 2.45) is 12.0 Å². The summed E-state index contributed by atoms with van der Waals surface area (Å²) in [7, 11) is 1.97. The number of aliphatic imine (C=N–C) groups is 1. The van der Waals surface area contributed by atoms with Crippen molar-refractivity contribution in [3.05, 3.63) is 47.2 Å². The number of aryl methyl sites for hydroxylation is 2. The van der Waals surface area contributed by atoms with Crippen LogP contribution in [-0.2, 0) is 31.2 Å². The van der Waals surface area contributed by atoms with E-state index < -0.39 is 0 Å². The number of H-pyrrole nitrogens is 1. The molecule has 4 rings (SSSR count). The van der Waals surface area contributed by atoms with Crippen LogP contribution in [0, 0.1) is 6.92 Å². The average Bonchev–Trinajstić information content (AvgIpc) is 3.52. The molecule has 9 heteroatoms. The van der Waals surface area contributed by atoms with E-state index in [9.17, 15) is 0 Å². The van der Waals surface area contributed by atoms with Crippen LogP contribution in [0.25, 0.3) is 10.9 Å². The largest absolute Gasteiger partial charge is 0.376 e. The highest BCUT2D eigenvalue weighted by Gasteiger charge is 2.16. The lowest BCUT2D eigenvalue weighted by atomic mass is 10.1. The first-order chi connectivity index (χ1) is 15.2. The van der Waals surface area contributed by atoms with Gasteiger partial charge in [-0.2, -0.15) is 0 Å². The van der Waals surface area contributed by atoms with Gasteiger partial charge in [-0.1, -0.05) is 25.1 Å². The first-order valence-corrected chi connectivity index (χ1v) is 11.2. The summed E-state index contributed by atoms with van der Waals surface area (Å²) in [6.45, 7) is 7.02. The predicted molar refractivity (Wildman–Crippen MR) is 139 cm³/mol. The molecule has 1 fully saturated rings. The Balaban J connectivity index is 0.00000289. The number of nitrogens with one attached hydrogen (secondary N) is 3. The Hall–Kier alpha value is -2.14. The Morgan fingerprint density at radius 2 is 2.16 bits per heavy atom. The van der Waals surface area contributed by atoms with Gasteiger partial charge in [0.2, 0.25) is 0 Å². The van der Waals surface area contributed by atoms with Gasteiger partial charge in [-0.15, -0.1) is 34.2 Å². The highest BCUT2D eigenvalue weighted by molar-refractivity contribution is 14.0. The maximum absolute atomic E-state index is 5.75. The van der Waals surface area contributed by atoms with E-state index in [0.29, 0.717) is 6.54 Å². The van der Waals surface area contributed by atoms with Gasteiger partial charge in [-0.3, -0.25) is 0 Å². The molecule has 174 valence electrons. The zero-order valence-corrected chi connectivity index (χ0v) is 21.5. The number of aromatic amines is 1. The first-order valence-electron chi connectivity index (χ1n) is 11.2. The topological polar surface area (TPSA) is 92.2 Å². The van der Waals surface area contributed by atoms with Crippen molar-refractivity contribution in [2.45, 2.75) is 52.2 Å². The smallest absolute Gasteiger partial charge is 0.191 e. The van der Waals surface area contributed by atoms with E-state index in [4.69, 9.17) is 9.73 Å². The number of hydrogen-bond donors (Lipinski definition) is 3. The molecular weight excluding hydrogens is 517 g/mol. The second kappa shape index (κ2) is 11.6. The number of benzene rings is 1. The molecule has 0 aliphatic carbocycles. The average molecular weight is 551 g/mol. The van der Waals surface area contributed by atoms with Crippen LogP contribution in [0.2, 0.25) is 0 Å². The van der Waals surface area contributed by atoms with Crippen molar-refractivity contribution >= 4 is 40.8 Å². The fraction of sp³-hybridized carbons (Fsp3) is 0.522. The van der Waals surface area contributed by atoms with Crippen LogP contribution in [0.1, 0.15) is 42.5 Å². The number of fused-ring (bicyclic) bond motifs is 1. The van der Waals surface area contributed by atoms with Crippen LogP contribution < -0.4 is 10.6 Å². The molecule has 0 saturated carbocycles. The van der Waals surface area contributed by atoms with E-state index in [0.717, 1.165) is 63.0 Å². The minimum absolute atomic E-state index is 0. The molecule has 3 N–H and O–H groups in total. The molecule has 1 saturated heterocycles. The maximum atomic E-state index is 5.75. The third-order valence-corrected chi connectivity index (χ3v) is 6.04. The molecular formula is C23H34IN7O.